The summed E-state index contributed by atoms with van der Waals surface area (Å²) in [7, 11) is 0. The molecule has 0 aliphatic rings. The Morgan fingerprint density at radius 2 is 1.92 bits per heavy atom. The van der Waals surface area contributed by atoms with Gasteiger partial charge in [-0.05, 0) is 45.9 Å². The Bertz CT molecular complexity index is 942. The molecular formula is C18H24N4O4. The fraction of sp³-hybridized carbons (Fsp3) is 0.444. The number of aryl methyl sites for hydroxylation is 1. The molecule has 0 spiro atoms. The Balaban J connectivity index is 2.38. The van der Waals surface area contributed by atoms with Crippen molar-refractivity contribution in [3.63, 3.8) is 0 Å². The molecule has 0 fully saturated rings. The molecule has 8 nitrogen and oxygen atoms in total. The third kappa shape index (κ3) is 4.01. The van der Waals surface area contributed by atoms with E-state index in [9.17, 15) is 19.2 Å². The van der Waals surface area contributed by atoms with Gasteiger partial charge in [-0.15, -0.1) is 0 Å². The van der Waals surface area contributed by atoms with E-state index in [0.717, 1.165) is 0 Å². The van der Waals surface area contributed by atoms with Crippen molar-refractivity contribution in [3.8, 4) is 0 Å². The standard InChI is InChI=1S/C18H24N4O4/c1-5-21(10-15(23)19-11(3)4)17(25)12-7-8-14-13(9-12)20-16(24)18(26)22(14)6-2/h7-9,11H,5-6,10H2,1-4H3,(H,19,23)(H,20,24). The summed E-state index contributed by atoms with van der Waals surface area (Å²) in [6.07, 6.45) is 0. The number of hydrogen-bond acceptors (Lipinski definition) is 4. The van der Waals surface area contributed by atoms with Crippen molar-refractivity contribution < 1.29 is 9.59 Å². The summed E-state index contributed by atoms with van der Waals surface area (Å²) in [6.45, 7) is 7.93. The molecule has 0 saturated heterocycles. The molecule has 0 saturated carbocycles. The molecule has 1 aromatic heterocycles. The van der Waals surface area contributed by atoms with Crippen molar-refractivity contribution in [1.82, 2.24) is 19.8 Å². The van der Waals surface area contributed by atoms with Gasteiger partial charge in [0.25, 0.3) is 5.91 Å². The summed E-state index contributed by atoms with van der Waals surface area (Å²) in [5, 5.41) is 2.75. The summed E-state index contributed by atoms with van der Waals surface area (Å²) in [4.78, 5) is 52.3. The number of hydrogen-bond donors (Lipinski definition) is 2. The highest BCUT2D eigenvalue weighted by Crippen LogP contribution is 2.13. The van der Waals surface area contributed by atoms with E-state index >= 15 is 0 Å². The first kappa shape index (κ1) is 19.4. The Morgan fingerprint density at radius 3 is 2.50 bits per heavy atom. The third-order valence-corrected chi connectivity index (χ3v) is 3.99. The fourth-order valence-electron chi connectivity index (χ4n) is 2.78. The van der Waals surface area contributed by atoms with Crippen LogP contribution in [-0.4, -0.2) is 45.4 Å². The van der Waals surface area contributed by atoms with Crippen LogP contribution in [-0.2, 0) is 11.3 Å². The number of aromatic nitrogens is 2. The van der Waals surface area contributed by atoms with Crippen molar-refractivity contribution in [2.45, 2.75) is 40.3 Å². The normalized spacial score (nSPS) is 11.0. The quantitative estimate of drug-likeness (QED) is 0.740. The number of likely N-dealkylation sites (N-methyl/N-ethyl adjacent to an activating group) is 1. The van der Waals surface area contributed by atoms with Gasteiger partial charge in [-0.2, -0.15) is 0 Å². The lowest BCUT2D eigenvalue weighted by Gasteiger charge is -2.21. The van der Waals surface area contributed by atoms with Crippen LogP contribution in [0.25, 0.3) is 11.0 Å². The monoisotopic (exact) mass is 360 g/mol. The van der Waals surface area contributed by atoms with Crippen LogP contribution in [0.2, 0.25) is 0 Å². The van der Waals surface area contributed by atoms with Gasteiger partial charge in [0.05, 0.1) is 17.6 Å². The number of fused-ring (bicyclic) bond motifs is 1. The van der Waals surface area contributed by atoms with Crippen molar-refractivity contribution in [3.05, 3.63) is 44.5 Å². The molecule has 2 amide bonds. The van der Waals surface area contributed by atoms with E-state index in [0.29, 0.717) is 29.7 Å². The zero-order valence-electron chi connectivity index (χ0n) is 15.5. The molecular weight excluding hydrogens is 336 g/mol. The summed E-state index contributed by atoms with van der Waals surface area (Å²) in [6, 6.07) is 4.75. The molecule has 0 aliphatic heterocycles. The molecule has 0 bridgehead atoms. The van der Waals surface area contributed by atoms with E-state index in [1.807, 2.05) is 13.8 Å². The van der Waals surface area contributed by atoms with Crippen LogP contribution >= 0.6 is 0 Å². The zero-order valence-corrected chi connectivity index (χ0v) is 15.5. The number of amides is 2. The molecule has 140 valence electrons. The van der Waals surface area contributed by atoms with E-state index < -0.39 is 11.1 Å². The largest absolute Gasteiger partial charge is 0.352 e. The molecule has 26 heavy (non-hydrogen) atoms. The molecule has 0 unspecified atom stereocenters. The minimum atomic E-state index is -0.729. The molecule has 0 aliphatic carbocycles. The van der Waals surface area contributed by atoms with E-state index in [1.165, 1.54) is 15.5 Å². The van der Waals surface area contributed by atoms with Gasteiger partial charge in [-0.25, -0.2) is 0 Å². The molecule has 1 heterocycles. The van der Waals surface area contributed by atoms with Crippen LogP contribution in [0, 0.1) is 0 Å². The number of benzene rings is 1. The smallest absolute Gasteiger partial charge is 0.316 e. The van der Waals surface area contributed by atoms with E-state index in [-0.39, 0.29) is 24.4 Å². The second kappa shape index (κ2) is 7.99. The maximum atomic E-state index is 12.7. The van der Waals surface area contributed by atoms with Gasteiger partial charge < -0.3 is 19.8 Å². The van der Waals surface area contributed by atoms with Gasteiger partial charge in [0.1, 0.15) is 0 Å². The third-order valence-electron chi connectivity index (χ3n) is 3.99. The predicted molar refractivity (Wildman–Crippen MR) is 99.4 cm³/mol. The number of nitrogens with zero attached hydrogens (tertiary/aromatic N) is 2. The second-order valence-corrected chi connectivity index (χ2v) is 6.28. The lowest BCUT2D eigenvalue weighted by atomic mass is 10.1. The molecule has 0 atom stereocenters. The molecule has 0 radical (unpaired) electrons. The molecule has 2 aromatic rings. The van der Waals surface area contributed by atoms with Crippen molar-refractivity contribution in [1.29, 1.82) is 0 Å². The molecule has 2 N–H and O–H groups in total. The van der Waals surface area contributed by atoms with Gasteiger partial charge in [0.15, 0.2) is 0 Å². The van der Waals surface area contributed by atoms with Crippen molar-refractivity contribution >= 4 is 22.8 Å². The van der Waals surface area contributed by atoms with Gasteiger partial charge >= 0.3 is 11.1 Å². The summed E-state index contributed by atoms with van der Waals surface area (Å²) < 4.78 is 1.36. The first-order valence-corrected chi connectivity index (χ1v) is 8.64. The lowest BCUT2D eigenvalue weighted by Crippen LogP contribution is -2.42. The minimum absolute atomic E-state index is 0.00664. The first-order chi connectivity index (χ1) is 12.3. The van der Waals surface area contributed by atoms with Gasteiger partial charge in [0.2, 0.25) is 5.91 Å². The average Bonchev–Trinajstić information content (AvgIpc) is 2.59. The predicted octanol–water partition coefficient (Wildman–Crippen LogP) is 0.696. The number of rotatable bonds is 6. The Kier molecular flexibility index (Phi) is 5.97. The zero-order chi connectivity index (χ0) is 19.4. The van der Waals surface area contributed by atoms with Gasteiger partial charge in [-0.1, -0.05) is 0 Å². The van der Waals surface area contributed by atoms with Crippen LogP contribution in [0.4, 0.5) is 0 Å². The number of H-pyrrole nitrogens is 1. The average molecular weight is 360 g/mol. The number of carbonyl (C=O) groups is 2. The van der Waals surface area contributed by atoms with Crippen LogP contribution < -0.4 is 16.4 Å². The highest BCUT2D eigenvalue weighted by Gasteiger charge is 2.19. The van der Waals surface area contributed by atoms with E-state index in [1.54, 1.807) is 26.0 Å². The highest BCUT2D eigenvalue weighted by molar-refractivity contribution is 5.99. The van der Waals surface area contributed by atoms with Crippen LogP contribution in [0.1, 0.15) is 38.1 Å². The maximum Gasteiger partial charge on any atom is 0.316 e. The lowest BCUT2D eigenvalue weighted by molar-refractivity contribution is -0.122. The maximum absolute atomic E-state index is 12.7. The fourth-order valence-corrected chi connectivity index (χ4v) is 2.78. The van der Waals surface area contributed by atoms with E-state index in [4.69, 9.17) is 0 Å². The van der Waals surface area contributed by atoms with E-state index in [2.05, 4.69) is 10.3 Å². The Hall–Kier alpha value is -2.90. The summed E-state index contributed by atoms with van der Waals surface area (Å²) >= 11 is 0. The topological polar surface area (TPSA) is 104 Å². The number of aromatic amines is 1. The summed E-state index contributed by atoms with van der Waals surface area (Å²) in [5.74, 6) is -0.548. The minimum Gasteiger partial charge on any atom is -0.352 e. The van der Waals surface area contributed by atoms with Crippen molar-refractivity contribution in [2.24, 2.45) is 0 Å². The first-order valence-electron chi connectivity index (χ1n) is 8.64. The molecule has 1 aromatic carbocycles. The number of nitrogens with one attached hydrogen (secondary N) is 2. The molecule has 2 rings (SSSR count). The highest BCUT2D eigenvalue weighted by atomic mass is 16.2. The number of carbonyl (C=O) groups excluding carboxylic acids is 2. The van der Waals surface area contributed by atoms with Crippen molar-refractivity contribution in [2.75, 3.05) is 13.1 Å². The van der Waals surface area contributed by atoms with Crippen LogP contribution in [0.3, 0.4) is 0 Å². The van der Waals surface area contributed by atoms with Crippen LogP contribution in [0.5, 0.6) is 0 Å². The van der Waals surface area contributed by atoms with Gasteiger partial charge in [-0.3, -0.25) is 19.2 Å². The molecule has 8 heteroatoms. The SMILES string of the molecule is CCN(CC(=O)NC(C)C)C(=O)c1ccc2c(c1)[nH]c(=O)c(=O)n2CC. The van der Waals surface area contributed by atoms with Gasteiger partial charge in [0, 0.05) is 24.7 Å². The Morgan fingerprint density at radius 1 is 1.23 bits per heavy atom. The van der Waals surface area contributed by atoms with Crippen LogP contribution in [0.15, 0.2) is 27.8 Å². The summed E-state index contributed by atoms with van der Waals surface area (Å²) in [5.41, 5.74) is -0.0555. The second-order valence-electron chi connectivity index (χ2n) is 6.28. The Labute approximate surface area is 150 Å².